The van der Waals surface area contributed by atoms with Crippen LogP contribution in [0.3, 0.4) is 0 Å². The highest BCUT2D eigenvalue weighted by Gasteiger charge is 2.13. The van der Waals surface area contributed by atoms with Crippen molar-refractivity contribution in [2.75, 3.05) is 0 Å². The lowest BCUT2D eigenvalue weighted by atomic mass is 10.1. The van der Waals surface area contributed by atoms with Gasteiger partial charge in [-0.05, 0) is 27.7 Å². The molecule has 0 aliphatic rings. The fourth-order valence-electron chi connectivity index (χ4n) is 0.408. The van der Waals surface area contributed by atoms with Gasteiger partial charge in [0.15, 0.2) is 0 Å². The molecule has 0 spiro atoms. The van der Waals surface area contributed by atoms with Gasteiger partial charge in [0.05, 0.1) is 6.04 Å². The van der Waals surface area contributed by atoms with E-state index in [1.165, 1.54) is 6.04 Å². The van der Waals surface area contributed by atoms with Crippen molar-refractivity contribution < 1.29 is 0 Å². The smallest absolute Gasteiger partial charge is 0.185 e. The van der Waals surface area contributed by atoms with Gasteiger partial charge in [0.2, 0.25) is 0 Å². The molecule has 2 heteroatoms. The Morgan fingerprint density at radius 3 is 2.00 bits per heavy atom. The highest BCUT2D eigenvalue weighted by Crippen LogP contribution is 1.96. The van der Waals surface area contributed by atoms with Crippen molar-refractivity contribution in [1.29, 1.82) is 0 Å². The minimum Gasteiger partial charge on any atom is -0.185 e. The van der Waals surface area contributed by atoms with Crippen LogP contribution in [-0.2, 0) is 0 Å². The molecule has 0 amide bonds. The molecule has 0 aliphatic carbocycles. The van der Waals surface area contributed by atoms with Gasteiger partial charge in [-0.15, -0.1) is 0 Å². The molecule has 8 heavy (non-hydrogen) atoms. The van der Waals surface area contributed by atoms with Gasteiger partial charge in [0, 0.05) is 5.54 Å². The fraction of sp³-hybridized carbons (Fsp3) is 1.00. The van der Waals surface area contributed by atoms with Crippen molar-refractivity contribution in [1.82, 2.24) is 4.98 Å². The monoisotopic (exact) mass is 130 g/mol. The molecule has 0 aromatic rings. The van der Waals surface area contributed by atoms with E-state index in [4.69, 9.17) is 0 Å². The molecule has 0 atom stereocenters. The molecule has 0 bridgehead atoms. The second-order valence-electron chi connectivity index (χ2n) is 3.01. The third kappa shape index (κ3) is 6.18. The van der Waals surface area contributed by atoms with Gasteiger partial charge >= 0.3 is 9.68 Å². The molecular formula is C6H16NSi+. The molecule has 0 saturated carbocycles. The van der Waals surface area contributed by atoms with Crippen LogP contribution >= 0.6 is 0 Å². The van der Waals surface area contributed by atoms with Crippen molar-refractivity contribution in [3.63, 3.8) is 0 Å². The summed E-state index contributed by atoms with van der Waals surface area (Å²) in [6, 6.07) is 1.30. The van der Waals surface area contributed by atoms with Gasteiger partial charge in [0.25, 0.3) is 0 Å². The normalized spacial score (nSPS) is 11.5. The van der Waals surface area contributed by atoms with Crippen molar-refractivity contribution in [2.24, 2.45) is 0 Å². The Bertz CT molecular complexity index is 56.0. The van der Waals surface area contributed by atoms with E-state index in [0.29, 0.717) is 15.2 Å². The van der Waals surface area contributed by atoms with Gasteiger partial charge in [-0.25, -0.2) is 0 Å². The first-order chi connectivity index (χ1) is 3.56. The molecule has 0 unspecified atom stereocenters. The summed E-state index contributed by atoms with van der Waals surface area (Å²) in [7, 11) is 0.492. The summed E-state index contributed by atoms with van der Waals surface area (Å²) in [5.41, 5.74) is 0.339. The summed E-state index contributed by atoms with van der Waals surface area (Å²) in [6.45, 7) is 8.83. The Kier molecular flexibility index (Phi) is 3.32. The van der Waals surface area contributed by atoms with Crippen LogP contribution in [0.2, 0.25) is 6.04 Å². The third-order valence-corrected chi connectivity index (χ3v) is 2.22. The quantitative estimate of drug-likeness (QED) is 0.553. The highest BCUT2D eigenvalue weighted by molar-refractivity contribution is 6.32. The zero-order chi connectivity index (χ0) is 6.62. The third-order valence-electron chi connectivity index (χ3n) is 0.739. The fourth-order valence-corrected chi connectivity index (χ4v) is 1.22. The lowest BCUT2D eigenvalue weighted by Gasteiger charge is -2.12. The molecule has 0 aliphatic heterocycles. The maximum Gasteiger partial charge on any atom is 0.387 e. The van der Waals surface area contributed by atoms with E-state index in [1.54, 1.807) is 0 Å². The maximum atomic E-state index is 3.45. The summed E-state index contributed by atoms with van der Waals surface area (Å²) in [6.07, 6.45) is 0. The average Bonchev–Trinajstić information content (AvgIpc) is 1.59. The second-order valence-corrected chi connectivity index (χ2v) is 4.52. The first kappa shape index (κ1) is 8.18. The van der Waals surface area contributed by atoms with Crippen LogP contribution in [-0.4, -0.2) is 15.2 Å². The SMILES string of the molecule is CC[SiH+]NC(C)(C)C. The number of nitrogens with one attached hydrogen (secondary N) is 1. The predicted molar refractivity (Wildman–Crippen MR) is 40.5 cm³/mol. The van der Waals surface area contributed by atoms with Gasteiger partial charge < -0.3 is 0 Å². The molecule has 0 aromatic heterocycles. The van der Waals surface area contributed by atoms with Crippen molar-refractivity contribution in [2.45, 2.75) is 39.3 Å². The van der Waals surface area contributed by atoms with Crippen LogP contribution < -0.4 is 4.98 Å². The van der Waals surface area contributed by atoms with E-state index in [9.17, 15) is 0 Å². The van der Waals surface area contributed by atoms with Crippen molar-refractivity contribution in [3.8, 4) is 0 Å². The average molecular weight is 130 g/mol. The lowest BCUT2D eigenvalue weighted by molar-refractivity contribution is 0.523. The molecule has 1 nitrogen and oxygen atoms in total. The molecule has 0 heterocycles. The second kappa shape index (κ2) is 3.25. The van der Waals surface area contributed by atoms with Crippen LogP contribution in [0.4, 0.5) is 0 Å². The Labute approximate surface area is 54.8 Å². The number of hydrogen-bond acceptors (Lipinski definition) is 1. The van der Waals surface area contributed by atoms with E-state index in [1.807, 2.05) is 0 Å². The van der Waals surface area contributed by atoms with Gasteiger partial charge in [-0.2, -0.15) is 4.98 Å². The van der Waals surface area contributed by atoms with E-state index >= 15 is 0 Å². The van der Waals surface area contributed by atoms with Gasteiger partial charge in [-0.1, -0.05) is 0 Å². The molecule has 48 valence electrons. The number of hydrogen-bond donors (Lipinski definition) is 1. The topological polar surface area (TPSA) is 12.0 Å². The Balaban J connectivity index is 3.11. The number of rotatable bonds is 2. The van der Waals surface area contributed by atoms with Crippen LogP contribution in [0.15, 0.2) is 0 Å². The van der Waals surface area contributed by atoms with E-state index < -0.39 is 0 Å². The van der Waals surface area contributed by atoms with E-state index in [-0.39, 0.29) is 0 Å². The van der Waals surface area contributed by atoms with Crippen molar-refractivity contribution in [3.05, 3.63) is 0 Å². The standard InChI is InChI=1S/C6H16NSi/c1-5-8-7-6(2,3)4/h7-8H,5H2,1-4H3/q+1. The summed E-state index contributed by atoms with van der Waals surface area (Å²) in [4.78, 5) is 3.45. The molecule has 1 N–H and O–H groups in total. The lowest BCUT2D eigenvalue weighted by Crippen LogP contribution is -2.38. The van der Waals surface area contributed by atoms with Gasteiger partial charge in [-0.3, -0.25) is 0 Å². The van der Waals surface area contributed by atoms with Crippen LogP contribution in [0.25, 0.3) is 0 Å². The Morgan fingerprint density at radius 1 is 1.38 bits per heavy atom. The molecule has 0 fully saturated rings. The van der Waals surface area contributed by atoms with Crippen LogP contribution in [0.1, 0.15) is 27.7 Å². The highest BCUT2D eigenvalue weighted by atomic mass is 28.2. The zero-order valence-electron chi connectivity index (χ0n) is 6.28. The van der Waals surface area contributed by atoms with Crippen molar-refractivity contribution >= 4 is 9.68 Å². The predicted octanol–water partition coefficient (Wildman–Crippen LogP) is 1.16. The largest absolute Gasteiger partial charge is 0.387 e. The van der Waals surface area contributed by atoms with Crippen LogP contribution in [0.5, 0.6) is 0 Å². The van der Waals surface area contributed by atoms with E-state index in [2.05, 4.69) is 32.7 Å². The molecule has 0 radical (unpaired) electrons. The van der Waals surface area contributed by atoms with E-state index in [0.717, 1.165) is 0 Å². The molecular weight excluding hydrogens is 114 g/mol. The summed E-state index contributed by atoms with van der Waals surface area (Å²) in [5, 5.41) is 0. The minimum absolute atomic E-state index is 0.339. The molecule has 0 aromatic carbocycles. The molecule has 0 rings (SSSR count). The summed E-state index contributed by atoms with van der Waals surface area (Å²) >= 11 is 0. The van der Waals surface area contributed by atoms with Crippen LogP contribution in [0, 0.1) is 0 Å². The first-order valence-corrected chi connectivity index (χ1v) is 4.55. The molecule has 0 saturated heterocycles. The maximum absolute atomic E-state index is 3.45. The van der Waals surface area contributed by atoms with Gasteiger partial charge in [0.1, 0.15) is 0 Å². The minimum atomic E-state index is 0.339. The first-order valence-electron chi connectivity index (χ1n) is 3.15. The Morgan fingerprint density at radius 2 is 1.88 bits per heavy atom. The summed E-state index contributed by atoms with van der Waals surface area (Å²) in [5.74, 6) is 0. The zero-order valence-corrected chi connectivity index (χ0v) is 7.44. The summed E-state index contributed by atoms with van der Waals surface area (Å²) < 4.78 is 0. The Hall–Kier alpha value is 0.177.